The summed E-state index contributed by atoms with van der Waals surface area (Å²) >= 11 is 0. The van der Waals surface area contributed by atoms with E-state index in [4.69, 9.17) is 9.47 Å². The van der Waals surface area contributed by atoms with Gasteiger partial charge in [-0.1, -0.05) is 24.3 Å². The minimum atomic E-state index is -1.08. The van der Waals surface area contributed by atoms with Crippen LogP contribution >= 0.6 is 0 Å². The SMILES string of the molecule is CCOC(=O)C(N=O)c1ccc(CCCOC)cc1. The summed E-state index contributed by atoms with van der Waals surface area (Å²) in [6, 6.07) is 6.19. The molecule has 0 spiro atoms. The van der Waals surface area contributed by atoms with Crippen molar-refractivity contribution in [1.82, 2.24) is 0 Å². The third kappa shape index (κ3) is 4.79. The molecule has 104 valence electrons. The molecule has 0 amide bonds. The molecule has 0 saturated heterocycles. The van der Waals surface area contributed by atoms with Gasteiger partial charge in [0.25, 0.3) is 0 Å². The summed E-state index contributed by atoms with van der Waals surface area (Å²) in [6.45, 7) is 2.64. The van der Waals surface area contributed by atoms with Gasteiger partial charge >= 0.3 is 5.97 Å². The monoisotopic (exact) mass is 265 g/mol. The molecule has 1 aromatic carbocycles. The smallest absolute Gasteiger partial charge is 0.339 e. The van der Waals surface area contributed by atoms with E-state index in [9.17, 15) is 9.70 Å². The molecule has 0 fully saturated rings. The molecule has 0 aromatic heterocycles. The van der Waals surface area contributed by atoms with E-state index in [0.717, 1.165) is 18.4 Å². The highest BCUT2D eigenvalue weighted by atomic mass is 16.5. The predicted octanol–water partition coefficient (Wildman–Crippen LogP) is 2.64. The third-order valence-corrected chi connectivity index (χ3v) is 2.72. The third-order valence-electron chi connectivity index (χ3n) is 2.72. The molecule has 1 atom stereocenters. The lowest BCUT2D eigenvalue weighted by Gasteiger charge is -2.09. The van der Waals surface area contributed by atoms with Crippen molar-refractivity contribution in [2.45, 2.75) is 25.8 Å². The van der Waals surface area contributed by atoms with E-state index in [0.29, 0.717) is 12.2 Å². The van der Waals surface area contributed by atoms with Crippen LogP contribution in [0.1, 0.15) is 30.5 Å². The van der Waals surface area contributed by atoms with Crippen LogP contribution < -0.4 is 0 Å². The molecule has 0 radical (unpaired) electrons. The Labute approximate surface area is 112 Å². The van der Waals surface area contributed by atoms with E-state index in [1.807, 2.05) is 12.1 Å². The van der Waals surface area contributed by atoms with Crippen molar-refractivity contribution in [1.29, 1.82) is 0 Å². The Morgan fingerprint density at radius 2 is 2.00 bits per heavy atom. The van der Waals surface area contributed by atoms with E-state index < -0.39 is 12.0 Å². The number of aryl methyl sites for hydroxylation is 1. The number of hydrogen-bond donors (Lipinski definition) is 0. The van der Waals surface area contributed by atoms with Gasteiger partial charge in [-0.15, -0.1) is 4.91 Å². The fraction of sp³-hybridized carbons (Fsp3) is 0.500. The highest BCUT2D eigenvalue weighted by molar-refractivity contribution is 5.77. The first-order valence-corrected chi connectivity index (χ1v) is 6.29. The van der Waals surface area contributed by atoms with Crippen LogP contribution in [0, 0.1) is 4.91 Å². The van der Waals surface area contributed by atoms with Crippen molar-refractivity contribution in [3.05, 3.63) is 40.3 Å². The first kappa shape index (κ1) is 15.3. The molecular weight excluding hydrogens is 246 g/mol. The van der Waals surface area contributed by atoms with Gasteiger partial charge < -0.3 is 9.47 Å². The molecular formula is C14H19NO4. The Morgan fingerprint density at radius 3 is 2.53 bits per heavy atom. The van der Waals surface area contributed by atoms with Crippen LogP contribution in [0.5, 0.6) is 0 Å². The van der Waals surface area contributed by atoms with Crippen LogP contribution in [-0.4, -0.2) is 26.3 Å². The van der Waals surface area contributed by atoms with Crippen LogP contribution in [0.25, 0.3) is 0 Å². The van der Waals surface area contributed by atoms with Crippen LogP contribution in [0.3, 0.4) is 0 Å². The summed E-state index contributed by atoms with van der Waals surface area (Å²) < 4.78 is 9.79. The van der Waals surface area contributed by atoms with Gasteiger partial charge in [0.1, 0.15) is 0 Å². The fourth-order valence-electron chi connectivity index (χ4n) is 1.75. The summed E-state index contributed by atoms with van der Waals surface area (Å²) in [5.41, 5.74) is 1.69. The maximum absolute atomic E-state index is 11.5. The quantitative estimate of drug-likeness (QED) is 0.412. The van der Waals surface area contributed by atoms with E-state index >= 15 is 0 Å². The maximum atomic E-state index is 11.5. The van der Waals surface area contributed by atoms with E-state index in [1.54, 1.807) is 26.2 Å². The van der Waals surface area contributed by atoms with Crippen molar-refractivity contribution >= 4 is 5.97 Å². The topological polar surface area (TPSA) is 65.0 Å². The van der Waals surface area contributed by atoms with Gasteiger partial charge in [0.2, 0.25) is 6.04 Å². The Bertz CT molecular complexity index is 402. The zero-order valence-electron chi connectivity index (χ0n) is 11.3. The van der Waals surface area contributed by atoms with Gasteiger partial charge in [0.05, 0.1) is 6.61 Å². The molecule has 0 aliphatic heterocycles. The average Bonchev–Trinajstić information content (AvgIpc) is 2.42. The molecule has 19 heavy (non-hydrogen) atoms. The lowest BCUT2D eigenvalue weighted by atomic mass is 10.0. The number of benzene rings is 1. The number of nitrogens with zero attached hydrogens (tertiary/aromatic N) is 1. The lowest BCUT2D eigenvalue weighted by molar-refractivity contribution is -0.144. The van der Waals surface area contributed by atoms with Gasteiger partial charge in [0.15, 0.2) is 0 Å². The van der Waals surface area contributed by atoms with Crippen molar-refractivity contribution < 1.29 is 14.3 Å². The summed E-state index contributed by atoms with van der Waals surface area (Å²) in [6.07, 6.45) is 1.83. The number of carbonyl (C=O) groups is 1. The molecule has 1 rings (SSSR count). The number of nitroso groups, excluding NO2 is 1. The van der Waals surface area contributed by atoms with Crippen molar-refractivity contribution in [3.8, 4) is 0 Å². The van der Waals surface area contributed by atoms with Crippen LogP contribution in [0.2, 0.25) is 0 Å². The van der Waals surface area contributed by atoms with Gasteiger partial charge in [-0.05, 0) is 36.1 Å². The lowest BCUT2D eigenvalue weighted by Crippen LogP contribution is -2.13. The minimum Gasteiger partial charge on any atom is -0.464 e. The molecule has 1 unspecified atom stereocenters. The molecule has 0 N–H and O–H groups in total. The fourth-order valence-corrected chi connectivity index (χ4v) is 1.75. The molecule has 0 heterocycles. The normalized spacial score (nSPS) is 11.9. The minimum absolute atomic E-state index is 0.236. The summed E-state index contributed by atoms with van der Waals surface area (Å²) in [7, 11) is 1.67. The van der Waals surface area contributed by atoms with Gasteiger partial charge in [-0.3, -0.25) is 0 Å². The highest BCUT2D eigenvalue weighted by Gasteiger charge is 2.22. The predicted molar refractivity (Wildman–Crippen MR) is 71.8 cm³/mol. The van der Waals surface area contributed by atoms with Crippen molar-refractivity contribution in [2.75, 3.05) is 20.3 Å². The second-order valence-corrected chi connectivity index (χ2v) is 4.10. The summed E-state index contributed by atoms with van der Waals surface area (Å²) in [5.74, 6) is -0.607. The van der Waals surface area contributed by atoms with Gasteiger partial charge in [-0.2, -0.15) is 0 Å². The molecule has 5 nitrogen and oxygen atoms in total. The number of rotatable bonds is 8. The van der Waals surface area contributed by atoms with Crippen LogP contribution in [-0.2, 0) is 20.7 Å². The first-order chi connectivity index (χ1) is 9.22. The van der Waals surface area contributed by atoms with E-state index in [-0.39, 0.29) is 6.61 Å². The Balaban J connectivity index is 2.67. The zero-order chi connectivity index (χ0) is 14.1. The number of carbonyl (C=O) groups excluding carboxylic acids is 1. The number of hydrogen-bond acceptors (Lipinski definition) is 5. The Morgan fingerprint density at radius 1 is 1.32 bits per heavy atom. The maximum Gasteiger partial charge on any atom is 0.339 e. The first-order valence-electron chi connectivity index (χ1n) is 6.29. The van der Waals surface area contributed by atoms with Crippen molar-refractivity contribution in [2.24, 2.45) is 5.18 Å². The standard InChI is InChI=1S/C14H19NO4/c1-3-19-14(16)13(15-17)12-8-6-11(7-9-12)5-4-10-18-2/h6-9,13H,3-5,10H2,1-2H3. The van der Waals surface area contributed by atoms with Gasteiger partial charge in [0, 0.05) is 13.7 Å². The summed E-state index contributed by atoms with van der Waals surface area (Å²) in [5, 5.41) is 2.84. The second-order valence-electron chi connectivity index (χ2n) is 4.10. The molecule has 0 saturated carbocycles. The van der Waals surface area contributed by atoms with E-state index in [1.165, 1.54) is 0 Å². The van der Waals surface area contributed by atoms with Gasteiger partial charge in [-0.25, -0.2) is 4.79 Å². The van der Waals surface area contributed by atoms with Crippen LogP contribution in [0.15, 0.2) is 29.4 Å². The largest absolute Gasteiger partial charge is 0.464 e. The van der Waals surface area contributed by atoms with Crippen molar-refractivity contribution in [3.63, 3.8) is 0 Å². The van der Waals surface area contributed by atoms with Crippen LogP contribution in [0.4, 0.5) is 0 Å². The second kappa shape index (κ2) is 8.37. The Hall–Kier alpha value is -1.75. The molecule has 5 heteroatoms. The molecule has 0 aliphatic carbocycles. The number of esters is 1. The molecule has 1 aromatic rings. The zero-order valence-corrected chi connectivity index (χ0v) is 11.3. The molecule has 0 aliphatic rings. The number of methoxy groups -OCH3 is 1. The summed E-state index contributed by atoms with van der Waals surface area (Å²) in [4.78, 5) is 22.3. The molecule has 0 bridgehead atoms. The highest BCUT2D eigenvalue weighted by Crippen LogP contribution is 2.20. The average molecular weight is 265 g/mol. The van der Waals surface area contributed by atoms with E-state index in [2.05, 4.69) is 5.18 Å². The Kier molecular flexibility index (Phi) is 6.74. The number of ether oxygens (including phenoxy) is 2.